The maximum absolute atomic E-state index is 11.3. The molecule has 4 nitrogen and oxygen atoms in total. The van der Waals surface area contributed by atoms with E-state index in [0.29, 0.717) is 6.42 Å². The number of nitrogens with two attached hydrogens (primary N) is 1. The van der Waals surface area contributed by atoms with E-state index in [4.69, 9.17) is 5.73 Å². The van der Waals surface area contributed by atoms with Crippen LogP contribution in [0.15, 0.2) is 23.3 Å². The van der Waals surface area contributed by atoms with Gasteiger partial charge in [-0.05, 0) is 36.5 Å². The third-order valence-electron chi connectivity index (χ3n) is 2.87. The summed E-state index contributed by atoms with van der Waals surface area (Å²) in [5, 5.41) is 2.68. The minimum absolute atomic E-state index is 0.0771. The van der Waals surface area contributed by atoms with E-state index in [0.717, 1.165) is 24.8 Å². The van der Waals surface area contributed by atoms with Gasteiger partial charge in [-0.2, -0.15) is 0 Å². The monoisotopic (exact) mass is 206 g/mol. The van der Waals surface area contributed by atoms with Gasteiger partial charge >= 0.3 is 6.03 Å². The van der Waals surface area contributed by atoms with Crippen LogP contribution in [0, 0.1) is 0 Å². The van der Waals surface area contributed by atoms with Crippen molar-refractivity contribution >= 4 is 11.8 Å². The van der Waals surface area contributed by atoms with E-state index in [1.54, 1.807) is 6.08 Å². The van der Waals surface area contributed by atoms with Crippen LogP contribution in [0.1, 0.15) is 25.7 Å². The molecule has 1 fully saturated rings. The Hall–Kier alpha value is -1.58. The first-order chi connectivity index (χ1) is 7.16. The van der Waals surface area contributed by atoms with E-state index in [1.807, 2.05) is 6.08 Å². The molecule has 2 aliphatic carbocycles. The molecule has 1 saturated carbocycles. The lowest BCUT2D eigenvalue weighted by atomic mass is 9.81. The maximum Gasteiger partial charge on any atom is 0.312 e. The number of hydrogen-bond donors (Lipinski definition) is 2. The Labute approximate surface area is 88.2 Å². The number of allylic oxidation sites excluding steroid dienone is 2. The number of fused-ring (bicyclic) bond motifs is 1. The first kappa shape index (κ1) is 9.96. The summed E-state index contributed by atoms with van der Waals surface area (Å²) in [5.41, 5.74) is 7.25. The molecule has 0 saturated heterocycles. The van der Waals surface area contributed by atoms with Gasteiger partial charge in [-0.25, -0.2) is 4.79 Å². The lowest BCUT2D eigenvalue weighted by molar-refractivity contribution is -0.114. The fourth-order valence-electron chi connectivity index (χ4n) is 2.21. The summed E-state index contributed by atoms with van der Waals surface area (Å²) >= 11 is 0. The van der Waals surface area contributed by atoms with Gasteiger partial charge in [0.2, 0.25) is 0 Å². The molecular weight excluding hydrogens is 192 g/mol. The van der Waals surface area contributed by atoms with Crippen molar-refractivity contribution in [1.82, 2.24) is 5.32 Å². The first-order valence-corrected chi connectivity index (χ1v) is 5.16. The Bertz CT molecular complexity index is 369. The average molecular weight is 206 g/mol. The number of nitrogens with one attached hydrogen (secondary N) is 1. The summed E-state index contributed by atoms with van der Waals surface area (Å²) in [6.07, 6.45) is 6.99. The van der Waals surface area contributed by atoms with Crippen molar-refractivity contribution in [3.05, 3.63) is 23.3 Å². The van der Waals surface area contributed by atoms with Crippen molar-refractivity contribution in [3.63, 3.8) is 0 Å². The number of amides is 2. The molecule has 0 heterocycles. The second-order valence-corrected chi connectivity index (χ2v) is 3.95. The van der Waals surface area contributed by atoms with Gasteiger partial charge in [0.1, 0.15) is 0 Å². The Morgan fingerprint density at radius 1 is 1.53 bits per heavy atom. The summed E-state index contributed by atoms with van der Waals surface area (Å²) in [6.45, 7) is 0. The van der Waals surface area contributed by atoms with Gasteiger partial charge in [-0.1, -0.05) is 6.08 Å². The molecule has 2 rings (SSSR count). The molecule has 0 aromatic heterocycles. The van der Waals surface area contributed by atoms with E-state index in [-0.39, 0.29) is 11.8 Å². The summed E-state index contributed by atoms with van der Waals surface area (Å²) in [4.78, 5) is 22.1. The zero-order valence-corrected chi connectivity index (χ0v) is 8.45. The van der Waals surface area contributed by atoms with Crippen molar-refractivity contribution < 1.29 is 9.59 Å². The Balaban J connectivity index is 2.21. The number of primary amides is 1. The summed E-state index contributed by atoms with van der Waals surface area (Å²) in [5.74, 6) is 0.104. The first-order valence-electron chi connectivity index (χ1n) is 5.16. The van der Waals surface area contributed by atoms with Gasteiger partial charge in [-0.3, -0.25) is 4.79 Å². The lowest BCUT2D eigenvalue weighted by Gasteiger charge is -2.29. The van der Waals surface area contributed by atoms with Gasteiger partial charge in [0.05, 0.1) is 6.04 Å². The molecule has 1 atom stereocenters. The molecule has 3 N–H and O–H groups in total. The van der Waals surface area contributed by atoms with Crippen molar-refractivity contribution in [2.75, 3.05) is 0 Å². The number of hydrogen-bond acceptors (Lipinski definition) is 2. The molecule has 0 bridgehead atoms. The highest BCUT2D eigenvalue weighted by atomic mass is 16.2. The van der Waals surface area contributed by atoms with Gasteiger partial charge in [0, 0.05) is 6.42 Å². The zero-order chi connectivity index (χ0) is 10.8. The molecule has 0 aromatic carbocycles. The highest BCUT2D eigenvalue weighted by Gasteiger charge is 2.26. The number of carbonyl (C=O) groups excluding carboxylic acids is 2. The number of ketones is 1. The van der Waals surface area contributed by atoms with Gasteiger partial charge in [-0.15, -0.1) is 0 Å². The Morgan fingerprint density at radius 2 is 2.33 bits per heavy atom. The smallest absolute Gasteiger partial charge is 0.312 e. The maximum atomic E-state index is 11.3. The quantitative estimate of drug-likeness (QED) is 0.672. The van der Waals surface area contributed by atoms with Crippen LogP contribution in [0.4, 0.5) is 4.79 Å². The van der Waals surface area contributed by atoms with Crippen LogP contribution in [-0.4, -0.2) is 17.9 Å². The van der Waals surface area contributed by atoms with Crippen LogP contribution in [0.5, 0.6) is 0 Å². The van der Waals surface area contributed by atoms with Crippen LogP contribution in [0.3, 0.4) is 0 Å². The highest BCUT2D eigenvalue weighted by Crippen LogP contribution is 2.31. The van der Waals surface area contributed by atoms with Crippen molar-refractivity contribution in [2.45, 2.75) is 31.7 Å². The van der Waals surface area contributed by atoms with Crippen molar-refractivity contribution in [1.29, 1.82) is 0 Å². The number of urea groups is 1. The highest BCUT2D eigenvalue weighted by molar-refractivity contribution is 5.94. The number of carbonyl (C=O) groups is 2. The molecule has 4 heteroatoms. The van der Waals surface area contributed by atoms with E-state index in [2.05, 4.69) is 5.32 Å². The van der Waals surface area contributed by atoms with Crippen LogP contribution in [0.2, 0.25) is 0 Å². The van der Waals surface area contributed by atoms with Crippen molar-refractivity contribution in [3.8, 4) is 0 Å². The summed E-state index contributed by atoms with van der Waals surface area (Å²) in [6, 6.07) is -0.605. The summed E-state index contributed by atoms with van der Waals surface area (Å²) in [7, 11) is 0. The normalized spacial score (nSPS) is 25.1. The minimum Gasteiger partial charge on any atom is -0.352 e. The Morgan fingerprint density at radius 3 is 3.07 bits per heavy atom. The van der Waals surface area contributed by atoms with Gasteiger partial charge in [0.15, 0.2) is 5.78 Å². The molecule has 80 valence electrons. The second-order valence-electron chi connectivity index (χ2n) is 3.95. The van der Waals surface area contributed by atoms with E-state index >= 15 is 0 Å². The molecule has 1 unspecified atom stereocenters. The molecular formula is C11H14N2O2. The molecule has 0 aliphatic heterocycles. The van der Waals surface area contributed by atoms with Gasteiger partial charge < -0.3 is 11.1 Å². The summed E-state index contributed by atoms with van der Waals surface area (Å²) < 4.78 is 0. The zero-order valence-electron chi connectivity index (χ0n) is 8.45. The minimum atomic E-state index is -0.528. The molecule has 2 amide bonds. The molecule has 0 spiro atoms. The van der Waals surface area contributed by atoms with Crippen LogP contribution < -0.4 is 11.1 Å². The van der Waals surface area contributed by atoms with Crippen LogP contribution in [0.25, 0.3) is 0 Å². The Kier molecular flexibility index (Phi) is 2.58. The standard InChI is InChI=1S/C11H14N2O2/c12-11(15)13-10-3-1-2-7-4-5-8(14)6-9(7)10/h4,6,10H,1-3,5H2,(H3,12,13,15). The largest absolute Gasteiger partial charge is 0.352 e. The fraction of sp³-hybridized carbons (Fsp3) is 0.455. The number of rotatable bonds is 1. The van der Waals surface area contributed by atoms with Crippen LogP contribution >= 0.6 is 0 Å². The second kappa shape index (κ2) is 3.88. The van der Waals surface area contributed by atoms with Gasteiger partial charge in [0.25, 0.3) is 0 Å². The van der Waals surface area contributed by atoms with E-state index in [9.17, 15) is 9.59 Å². The lowest BCUT2D eigenvalue weighted by Crippen LogP contribution is -2.42. The van der Waals surface area contributed by atoms with Crippen LogP contribution in [-0.2, 0) is 4.79 Å². The topological polar surface area (TPSA) is 72.2 Å². The molecule has 2 aliphatic rings. The van der Waals surface area contributed by atoms with E-state index < -0.39 is 6.03 Å². The van der Waals surface area contributed by atoms with E-state index in [1.165, 1.54) is 5.57 Å². The average Bonchev–Trinajstić information content (AvgIpc) is 2.18. The SMILES string of the molecule is NC(=O)NC1CCCC2=CCC(=O)C=C21. The molecule has 0 aromatic rings. The fourth-order valence-corrected chi connectivity index (χ4v) is 2.21. The predicted molar refractivity (Wildman–Crippen MR) is 56.1 cm³/mol. The predicted octanol–water partition coefficient (Wildman–Crippen LogP) is 1.03. The third kappa shape index (κ3) is 2.09. The molecule has 15 heavy (non-hydrogen) atoms. The third-order valence-corrected chi connectivity index (χ3v) is 2.87. The van der Waals surface area contributed by atoms with Crippen molar-refractivity contribution in [2.24, 2.45) is 5.73 Å². The molecule has 0 radical (unpaired) electrons.